The molecular weight excluding hydrogens is 633 g/mol. The van der Waals surface area contributed by atoms with Crippen LogP contribution in [-0.2, 0) is 41.7 Å². The van der Waals surface area contributed by atoms with Crippen LogP contribution in [-0.4, -0.2) is 46.5 Å². The van der Waals surface area contributed by atoms with Crippen LogP contribution in [0.3, 0.4) is 0 Å². The lowest BCUT2D eigenvalue weighted by Crippen LogP contribution is -2.20. The van der Waals surface area contributed by atoms with E-state index in [1.54, 1.807) is 22.7 Å². The first-order valence-corrected chi connectivity index (χ1v) is 17.5. The van der Waals surface area contributed by atoms with Crippen molar-refractivity contribution >= 4 is 61.3 Å². The average molecular weight is 673 g/mol. The number of benzene rings is 2. The van der Waals surface area contributed by atoms with E-state index in [1.807, 2.05) is 48.7 Å². The molecule has 0 radical (unpaired) electrons. The standard InChI is InChI=1S/C17H19N3O2S.C17H17N3O2S.CH4/c2*21-16(20-17-19-13-4-1-2-7-15(13)23-17)10-22-14-6-3-5-12-11(14)8-9-18-12;/h3,5-6,18H,1-2,4,7-10H2,(H,19,20,21);3,5-6,8-9,18H,1-2,4,7,10H2,(H,19,20,21);1H4. The van der Waals surface area contributed by atoms with Gasteiger partial charge in [-0.05, 0) is 88.1 Å². The third-order valence-electron chi connectivity index (χ3n) is 8.28. The van der Waals surface area contributed by atoms with Crippen LogP contribution in [0.15, 0.2) is 48.7 Å². The summed E-state index contributed by atoms with van der Waals surface area (Å²) in [5.41, 5.74) is 5.56. The van der Waals surface area contributed by atoms with Crippen LogP contribution >= 0.6 is 22.7 Å². The molecule has 8 rings (SSSR count). The van der Waals surface area contributed by atoms with Crippen LogP contribution in [0.25, 0.3) is 10.9 Å². The number of aromatic nitrogens is 3. The Morgan fingerprint density at radius 2 is 1.34 bits per heavy atom. The van der Waals surface area contributed by atoms with Gasteiger partial charge in [-0.1, -0.05) is 19.6 Å². The number of H-pyrrole nitrogens is 1. The number of nitrogens with zero attached hydrogens (tertiary/aromatic N) is 2. The molecule has 4 N–H and O–H groups in total. The zero-order chi connectivity index (χ0) is 31.3. The number of amides is 2. The molecule has 0 saturated carbocycles. The molecule has 246 valence electrons. The largest absolute Gasteiger partial charge is 0.483 e. The molecule has 0 saturated heterocycles. The normalized spacial score (nSPS) is 14.3. The van der Waals surface area contributed by atoms with Gasteiger partial charge in [0, 0.05) is 44.6 Å². The SMILES string of the molecule is C.O=C(COc1cccc2[nH]ccc12)Nc1nc2c(s1)CCCC2.O=C(COc1cccc2c1CCN2)Nc1nc2c(s1)CCCC2. The second kappa shape index (κ2) is 15.0. The fraction of sp³-hybridized carbons (Fsp3) is 0.371. The first kappa shape index (κ1) is 32.5. The zero-order valence-corrected chi connectivity index (χ0v) is 27.1. The Labute approximate surface area is 282 Å². The van der Waals surface area contributed by atoms with Gasteiger partial charge in [0.1, 0.15) is 11.5 Å². The summed E-state index contributed by atoms with van der Waals surface area (Å²) >= 11 is 3.18. The lowest BCUT2D eigenvalue weighted by atomic mass is 10.0. The van der Waals surface area contributed by atoms with Crippen molar-refractivity contribution in [2.24, 2.45) is 0 Å². The Morgan fingerprint density at radius 3 is 2.00 bits per heavy atom. The van der Waals surface area contributed by atoms with E-state index in [0.29, 0.717) is 16.0 Å². The van der Waals surface area contributed by atoms with Gasteiger partial charge in [0.15, 0.2) is 23.5 Å². The lowest BCUT2D eigenvalue weighted by molar-refractivity contribution is -0.118. The summed E-state index contributed by atoms with van der Waals surface area (Å²) in [6, 6.07) is 13.6. The van der Waals surface area contributed by atoms with Gasteiger partial charge in [-0.3, -0.25) is 20.2 Å². The number of aryl methyl sites for hydroxylation is 4. The molecular formula is C35H40N6O4S2. The smallest absolute Gasteiger partial charge is 0.264 e. The van der Waals surface area contributed by atoms with Gasteiger partial charge in [-0.2, -0.15) is 0 Å². The number of thiazole rings is 2. The van der Waals surface area contributed by atoms with Gasteiger partial charge in [-0.15, -0.1) is 22.7 Å². The quantitative estimate of drug-likeness (QED) is 0.138. The number of anilines is 3. The summed E-state index contributed by atoms with van der Waals surface area (Å²) in [7, 11) is 0. The van der Waals surface area contributed by atoms with E-state index in [9.17, 15) is 9.59 Å². The highest BCUT2D eigenvalue weighted by Gasteiger charge is 2.19. The van der Waals surface area contributed by atoms with Crippen LogP contribution in [0.5, 0.6) is 11.5 Å². The van der Waals surface area contributed by atoms with Crippen LogP contribution in [0.2, 0.25) is 0 Å². The van der Waals surface area contributed by atoms with E-state index >= 15 is 0 Å². The summed E-state index contributed by atoms with van der Waals surface area (Å²) in [4.78, 5) is 39.0. The number of fused-ring (bicyclic) bond motifs is 4. The predicted molar refractivity (Wildman–Crippen MR) is 189 cm³/mol. The van der Waals surface area contributed by atoms with Gasteiger partial charge < -0.3 is 19.8 Å². The molecule has 1 aliphatic heterocycles. The summed E-state index contributed by atoms with van der Waals surface area (Å²) in [5.74, 6) is 1.17. The highest BCUT2D eigenvalue weighted by Crippen LogP contribution is 2.32. The molecule has 10 nitrogen and oxygen atoms in total. The van der Waals surface area contributed by atoms with E-state index in [0.717, 1.165) is 77.9 Å². The summed E-state index contributed by atoms with van der Waals surface area (Å²) in [5, 5.41) is 11.4. The molecule has 12 heteroatoms. The van der Waals surface area contributed by atoms with Gasteiger partial charge >= 0.3 is 0 Å². The maximum Gasteiger partial charge on any atom is 0.264 e. The minimum atomic E-state index is -0.177. The van der Waals surface area contributed by atoms with Crippen molar-refractivity contribution in [1.29, 1.82) is 0 Å². The van der Waals surface area contributed by atoms with Gasteiger partial charge in [0.2, 0.25) is 0 Å². The molecule has 0 atom stereocenters. The monoisotopic (exact) mass is 672 g/mol. The molecule has 0 spiro atoms. The van der Waals surface area contributed by atoms with Crippen molar-refractivity contribution < 1.29 is 19.1 Å². The summed E-state index contributed by atoms with van der Waals surface area (Å²) in [6.07, 6.45) is 11.8. The number of hydrogen-bond donors (Lipinski definition) is 4. The van der Waals surface area contributed by atoms with Gasteiger partial charge in [0.05, 0.1) is 11.4 Å². The highest BCUT2D eigenvalue weighted by atomic mass is 32.1. The van der Waals surface area contributed by atoms with Gasteiger partial charge in [-0.25, -0.2) is 9.97 Å². The second-order valence-electron chi connectivity index (χ2n) is 11.5. The first-order valence-electron chi connectivity index (χ1n) is 15.8. The van der Waals surface area contributed by atoms with Crippen LogP contribution in [0.4, 0.5) is 16.0 Å². The number of carbonyl (C=O) groups excluding carboxylic acids is 2. The minimum Gasteiger partial charge on any atom is -0.483 e. The van der Waals surface area contributed by atoms with Crippen LogP contribution in [0, 0.1) is 0 Å². The first-order chi connectivity index (χ1) is 22.6. The lowest BCUT2D eigenvalue weighted by Gasteiger charge is -2.09. The molecule has 0 fully saturated rings. The van der Waals surface area contributed by atoms with Crippen LogP contribution in [0.1, 0.15) is 59.8 Å². The molecule has 0 bridgehead atoms. The van der Waals surface area contributed by atoms with E-state index in [-0.39, 0.29) is 32.5 Å². The Kier molecular flexibility index (Phi) is 10.4. The molecule has 2 aliphatic carbocycles. The van der Waals surface area contributed by atoms with Crippen molar-refractivity contribution in [3.05, 3.63) is 75.4 Å². The molecule has 3 aromatic heterocycles. The van der Waals surface area contributed by atoms with Crippen molar-refractivity contribution in [3.8, 4) is 11.5 Å². The number of hydrogen-bond acceptors (Lipinski definition) is 9. The molecule has 47 heavy (non-hydrogen) atoms. The van der Waals surface area contributed by atoms with Crippen molar-refractivity contribution in [1.82, 2.24) is 15.0 Å². The predicted octanol–water partition coefficient (Wildman–Crippen LogP) is 7.16. The third-order valence-corrected chi connectivity index (χ3v) is 10.4. The Hall–Kier alpha value is -4.42. The number of aromatic amines is 1. The Balaban J connectivity index is 0.000000161. The highest BCUT2D eigenvalue weighted by molar-refractivity contribution is 7.16. The Morgan fingerprint density at radius 1 is 0.745 bits per heavy atom. The fourth-order valence-corrected chi connectivity index (χ4v) is 8.17. The van der Waals surface area contributed by atoms with Crippen molar-refractivity contribution in [2.45, 2.75) is 65.2 Å². The number of nitrogens with one attached hydrogen (secondary N) is 4. The molecule has 3 aliphatic rings. The Bertz CT molecular complexity index is 1810. The van der Waals surface area contributed by atoms with Crippen LogP contribution < -0.4 is 25.4 Å². The summed E-state index contributed by atoms with van der Waals surface area (Å²) < 4.78 is 11.4. The number of rotatable bonds is 8. The molecule has 2 amide bonds. The van der Waals surface area contributed by atoms with E-state index in [1.165, 1.54) is 35.4 Å². The maximum absolute atomic E-state index is 12.1. The average Bonchev–Trinajstić information content (AvgIpc) is 3.88. The van der Waals surface area contributed by atoms with E-state index in [2.05, 4.69) is 30.9 Å². The maximum atomic E-state index is 12.1. The van der Waals surface area contributed by atoms with Crippen molar-refractivity contribution in [3.63, 3.8) is 0 Å². The van der Waals surface area contributed by atoms with E-state index < -0.39 is 0 Å². The number of carbonyl (C=O) groups is 2. The molecule has 5 aromatic rings. The van der Waals surface area contributed by atoms with Gasteiger partial charge in [0.25, 0.3) is 11.8 Å². The minimum absolute atomic E-state index is 0. The third kappa shape index (κ3) is 7.77. The summed E-state index contributed by atoms with van der Waals surface area (Å²) in [6.45, 7) is 0.918. The molecule has 2 aromatic carbocycles. The second-order valence-corrected chi connectivity index (χ2v) is 13.7. The molecule has 4 heterocycles. The fourth-order valence-electron chi connectivity index (χ4n) is 6.04. The van der Waals surface area contributed by atoms with Crippen molar-refractivity contribution in [2.75, 3.05) is 35.7 Å². The number of ether oxygens (including phenoxy) is 2. The zero-order valence-electron chi connectivity index (χ0n) is 25.4. The molecule has 0 unspecified atom stereocenters. The van der Waals surface area contributed by atoms with E-state index in [4.69, 9.17) is 9.47 Å². The topological polar surface area (TPSA) is 130 Å².